The van der Waals surface area contributed by atoms with Crippen molar-refractivity contribution in [3.63, 3.8) is 0 Å². The van der Waals surface area contributed by atoms with E-state index in [2.05, 4.69) is 10.4 Å². The van der Waals surface area contributed by atoms with E-state index < -0.39 is 17.9 Å². The van der Waals surface area contributed by atoms with Crippen molar-refractivity contribution < 1.29 is 23.8 Å². The summed E-state index contributed by atoms with van der Waals surface area (Å²) in [5, 5.41) is 7.52. The van der Waals surface area contributed by atoms with Gasteiger partial charge in [-0.25, -0.2) is 14.3 Å². The van der Waals surface area contributed by atoms with Gasteiger partial charge in [-0.05, 0) is 39.2 Å². The van der Waals surface area contributed by atoms with Crippen molar-refractivity contribution in [3.8, 4) is 0 Å². The third-order valence-corrected chi connectivity index (χ3v) is 5.00. The second-order valence-corrected chi connectivity index (χ2v) is 6.64. The Bertz CT molecular complexity index is 764. The van der Waals surface area contributed by atoms with Crippen LogP contribution in [0.25, 0.3) is 0 Å². The Kier molecular flexibility index (Phi) is 5.65. The molecule has 3 heterocycles. The van der Waals surface area contributed by atoms with Crippen molar-refractivity contribution in [1.29, 1.82) is 0 Å². The molecule has 0 spiro atoms. The van der Waals surface area contributed by atoms with Crippen molar-refractivity contribution >= 4 is 11.9 Å². The summed E-state index contributed by atoms with van der Waals surface area (Å²) in [6, 6.07) is 1.81. The molecule has 1 aromatic heterocycles. The number of allylic oxidation sites excluding steroid dienone is 2. The zero-order chi connectivity index (χ0) is 19.6. The predicted octanol–water partition coefficient (Wildman–Crippen LogP) is 2.16. The molecule has 0 saturated carbocycles. The molecule has 1 unspecified atom stereocenters. The minimum absolute atomic E-state index is 0.225. The van der Waals surface area contributed by atoms with Gasteiger partial charge in [0.2, 0.25) is 0 Å². The normalized spacial score (nSPS) is 21.1. The van der Waals surface area contributed by atoms with Crippen LogP contribution in [0, 0.1) is 0 Å². The average Bonchev–Trinajstić information content (AvgIpc) is 3.16. The number of carbonyl (C=O) groups excluding carboxylic acids is 2. The number of aromatic nitrogens is 2. The van der Waals surface area contributed by atoms with Gasteiger partial charge in [-0.15, -0.1) is 0 Å². The first kappa shape index (κ1) is 19.2. The molecule has 1 aromatic rings. The van der Waals surface area contributed by atoms with Gasteiger partial charge in [0.25, 0.3) is 0 Å². The van der Waals surface area contributed by atoms with Crippen LogP contribution in [0.5, 0.6) is 0 Å². The topological polar surface area (TPSA) is 91.7 Å². The Hall–Kier alpha value is -2.61. The lowest BCUT2D eigenvalue weighted by Crippen LogP contribution is -2.34. The zero-order valence-corrected chi connectivity index (χ0v) is 16.1. The van der Waals surface area contributed by atoms with E-state index in [1.807, 2.05) is 0 Å². The molecule has 0 aliphatic carbocycles. The van der Waals surface area contributed by atoms with E-state index in [0.717, 1.165) is 19.3 Å². The Morgan fingerprint density at radius 1 is 1.15 bits per heavy atom. The van der Waals surface area contributed by atoms with Crippen LogP contribution in [-0.2, 0) is 23.8 Å². The molecule has 2 aliphatic heterocycles. The molecule has 2 aliphatic rings. The molecule has 1 saturated heterocycles. The van der Waals surface area contributed by atoms with Crippen LogP contribution in [0.3, 0.4) is 0 Å². The first-order valence-corrected chi connectivity index (χ1v) is 8.99. The van der Waals surface area contributed by atoms with Crippen LogP contribution in [0.1, 0.15) is 50.9 Å². The van der Waals surface area contributed by atoms with Gasteiger partial charge >= 0.3 is 11.9 Å². The number of dihydropyridines is 1. The Labute approximate surface area is 158 Å². The molecule has 3 rings (SSSR count). The molecule has 8 heteroatoms. The van der Waals surface area contributed by atoms with Gasteiger partial charge in [-0.1, -0.05) is 0 Å². The molecule has 0 bridgehead atoms. The molecule has 0 amide bonds. The Morgan fingerprint density at radius 3 is 2.30 bits per heavy atom. The third kappa shape index (κ3) is 3.49. The summed E-state index contributed by atoms with van der Waals surface area (Å²) in [7, 11) is 2.65. The number of hydrogen-bond donors (Lipinski definition) is 1. The summed E-state index contributed by atoms with van der Waals surface area (Å²) in [6.07, 6.45) is 4.31. The van der Waals surface area contributed by atoms with E-state index in [1.165, 1.54) is 14.2 Å². The lowest BCUT2D eigenvalue weighted by molar-refractivity contribution is -0.137. The number of ether oxygens (including phenoxy) is 3. The lowest BCUT2D eigenvalue weighted by atomic mass is 9.83. The van der Waals surface area contributed by atoms with Crippen LogP contribution < -0.4 is 5.32 Å². The van der Waals surface area contributed by atoms with Crippen LogP contribution in [0.15, 0.2) is 34.8 Å². The molecule has 1 atom stereocenters. The number of hydrogen-bond acceptors (Lipinski definition) is 7. The van der Waals surface area contributed by atoms with E-state index in [9.17, 15) is 9.59 Å². The highest BCUT2D eigenvalue weighted by atomic mass is 16.5. The quantitative estimate of drug-likeness (QED) is 0.806. The number of nitrogens with zero attached hydrogens (tertiary/aromatic N) is 2. The Morgan fingerprint density at radius 2 is 1.78 bits per heavy atom. The van der Waals surface area contributed by atoms with Crippen LogP contribution in [0.2, 0.25) is 0 Å². The maximum atomic E-state index is 12.6. The summed E-state index contributed by atoms with van der Waals surface area (Å²) in [4.78, 5) is 25.2. The van der Waals surface area contributed by atoms with E-state index in [4.69, 9.17) is 14.2 Å². The fourth-order valence-electron chi connectivity index (χ4n) is 3.76. The SMILES string of the molecule is COC(=O)C1=C(C)NC(C)=C(C(=O)OC)C1c1ccnn1C1CCCCO1. The van der Waals surface area contributed by atoms with Gasteiger partial charge in [0.05, 0.1) is 37.0 Å². The molecule has 146 valence electrons. The van der Waals surface area contributed by atoms with E-state index in [0.29, 0.717) is 34.8 Å². The maximum Gasteiger partial charge on any atom is 0.336 e. The fraction of sp³-hybridized carbons (Fsp3) is 0.526. The largest absolute Gasteiger partial charge is 0.466 e. The minimum atomic E-state index is -0.654. The molecular weight excluding hydrogens is 350 g/mol. The fourth-order valence-corrected chi connectivity index (χ4v) is 3.76. The smallest absolute Gasteiger partial charge is 0.336 e. The first-order chi connectivity index (χ1) is 13.0. The van der Waals surface area contributed by atoms with E-state index in [-0.39, 0.29) is 6.23 Å². The first-order valence-electron chi connectivity index (χ1n) is 8.99. The van der Waals surface area contributed by atoms with Crippen molar-refractivity contribution in [2.75, 3.05) is 20.8 Å². The summed E-state index contributed by atoms with van der Waals surface area (Å²) in [6.45, 7) is 4.23. The van der Waals surface area contributed by atoms with Gasteiger partial charge in [0, 0.05) is 24.2 Å². The highest BCUT2D eigenvalue weighted by Gasteiger charge is 2.40. The minimum Gasteiger partial charge on any atom is -0.466 e. The van der Waals surface area contributed by atoms with Crippen molar-refractivity contribution in [3.05, 3.63) is 40.5 Å². The summed E-state index contributed by atoms with van der Waals surface area (Å²) < 4.78 is 17.6. The van der Waals surface area contributed by atoms with Crippen molar-refractivity contribution in [1.82, 2.24) is 15.1 Å². The zero-order valence-electron chi connectivity index (χ0n) is 16.1. The maximum absolute atomic E-state index is 12.6. The monoisotopic (exact) mass is 375 g/mol. The van der Waals surface area contributed by atoms with Gasteiger partial charge in [0.1, 0.15) is 6.23 Å². The van der Waals surface area contributed by atoms with E-state index in [1.54, 1.807) is 30.8 Å². The number of rotatable bonds is 4. The molecule has 0 aromatic carbocycles. The molecule has 0 radical (unpaired) electrons. The molecule has 1 fully saturated rings. The predicted molar refractivity (Wildman–Crippen MR) is 96.4 cm³/mol. The van der Waals surface area contributed by atoms with Gasteiger partial charge in [-0.2, -0.15) is 5.10 Å². The van der Waals surface area contributed by atoms with Gasteiger partial charge in [-0.3, -0.25) is 0 Å². The summed E-state index contributed by atoms with van der Waals surface area (Å²) >= 11 is 0. The van der Waals surface area contributed by atoms with Crippen LogP contribution >= 0.6 is 0 Å². The van der Waals surface area contributed by atoms with Crippen LogP contribution in [-0.4, -0.2) is 42.5 Å². The van der Waals surface area contributed by atoms with Crippen molar-refractivity contribution in [2.45, 2.75) is 45.3 Å². The molecule has 1 N–H and O–H groups in total. The number of methoxy groups -OCH3 is 2. The highest BCUT2D eigenvalue weighted by Crippen LogP contribution is 2.40. The highest BCUT2D eigenvalue weighted by molar-refractivity contribution is 5.99. The standard InChI is InChI=1S/C19H25N3O5/c1-11-15(18(23)25-3)17(16(12(2)21-11)19(24)26-4)13-8-9-20-22(13)14-7-5-6-10-27-14/h8-9,14,17,21H,5-7,10H2,1-4H3. The lowest BCUT2D eigenvalue weighted by Gasteiger charge is -2.32. The Balaban J connectivity index is 2.15. The van der Waals surface area contributed by atoms with Gasteiger partial charge in [0.15, 0.2) is 0 Å². The second kappa shape index (κ2) is 7.96. The summed E-state index contributed by atoms with van der Waals surface area (Å²) in [5.74, 6) is -1.66. The van der Waals surface area contributed by atoms with Crippen LogP contribution in [0.4, 0.5) is 0 Å². The summed E-state index contributed by atoms with van der Waals surface area (Å²) in [5.41, 5.74) is 2.69. The van der Waals surface area contributed by atoms with E-state index >= 15 is 0 Å². The molecular formula is C19H25N3O5. The molecule has 8 nitrogen and oxygen atoms in total. The number of esters is 2. The third-order valence-electron chi connectivity index (χ3n) is 5.00. The number of nitrogens with one attached hydrogen (secondary N) is 1. The van der Waals surface area contributed by atoms with Crippen molar-refractivity contribution in [2.24, 2.45) is 0 Å². The number of carbonyl (C=O) groups is 2. The second-order valence-electron chi connectivity index (χ2n) is 6.64. The average molecular weight is 375 g/mol. The van der Waals surface area contributed by atoms with Gasteiger partial charge < -0.3 is 19.5 Å². The molecule has 27 heavy (non-hydrogen) atoms.